The van der Waals surface area contributed by atoms with Gasteiger partial charge in [-0.15, -0.1) is 0 Å². The lowest BCUT2D eigenvalue weighted by Crippen LogP contribution is -2.53. The number of hydrogen-bond acceptors (Lipinski definition) is 2. The molecule has 1 aromatic carbocycles. The van der Waals surface area contributed by atoms with Crippen molar-refractivity contribution in [2.45, 2.75) is 32.2 Å². The normalized spacial score (nSPS) is 18.4. The molecule has 0 bridgehead atoms. The van der Waals surface area contributed by atoms with Gasteiger partial charge >= 0.3 is 0 Å². The van der Waals surface area contributed by atoms with E-state index in [2.05, 4.69) is 5.32 Å². The van der Waals surface area contributed by atoms with Crippen LogP contribution in [0.2, 0.25) is 10.0 Å². The minimum Gasteiger partial charge on any atom is -0.342 e. The van der Waals surface area contributed by atoms with E-state index in [1.165, 1.54) is 0 Å². The maximum Gasteiger partial charge on any atom is 0.247 e. The number of nitrogens with one attached hydrogen (secondary N) is 1. The number of amides is 2. The van der Waals surface area contributed by atoms with E-state index >= 15 is 0 Å². The van der Waals surface area contributed by atoms with Gasteiger partial charge in [0.2, 0.25) is 11.8 Å². The summed E-state index contributed by atoms with van der Waals surface area (Å²) < 4.78 is 0. The van der Waals surface area contributed by atoms with Gasteiger partial charge in [-0.2, -0.15) is 0 Å². The molecule has 0 aliphatic carbocycles. The molecule has 21 heavy (non-hydrogen) atoms. The Balaban J connectivity index is 2.08. The quantitative estimate of drug-likeness (QED) is 0.927. The van der Waals surface area contributed by atoms with E-state index in [9.17, 15) is 9.59 Å². The molecule has 1 aromatic rings. The highest BCUT2D eigenvalue weighted by Crippen LogP contribution is 2.22. The topological polar surface area (TPSA) is 49.4 Å². The molecule has 1 heterocycles. The standard InChI is InChI=1S/C15H18Cl2N2O2/c1-15(2)14(21)19(8-6-13(20)18-15)7-5-10-3-4-11(16)9-12(10)17/h3-4,9H,5-8H2,1-2H3,(H,18,20). The van der Waals surface area contributed by atoms with Gasteiger partial charge in [0.1, 0.15) is 5.54 Å². The Morgan fingerprint density at radius 2 is 2.00 bits per heavy atom. The van der Waals surface area contributed by atoms with Crippen molar-refractivity contribution >= 4 is 35.0 Å². The summed E-state index contributed by atoms with van der Waals surface area (Å²) in [6.07, 6.45) is 0.954. The van der Waals surface area contributed by atoms with Crippen molar-refractivity contribution < 1.29 is 9.59 Å². The number of hydrogen-bond donors (Lipinski definition) is 1. The summed E-state index contributed by atoms with van der Waals surface area (Å²) in [6.45, 7) is 4.40. The van der Waals surface area contributed by atoms with Crippen molar-refractivity contribution in [3.05, 3.63) is 33.8 Å². The number of rotatable bonds is 3. The first-order valence-electron chi connectivity index (χ1n) is 6.84. The van der Waals surface area contributed by atoms with Gasteiger partial charge in [0.05, 0.1) is 0 Å². The van der Waals surface area contributed by atoms with E-state index in [-0.39, 0.29) is 11.8 Å². The largest absolute Gasteiger partial charge is 0.342 e. The fourth-order valence-electron chi connectivity index (χ4n) is 2.39. The van der Waals surface area contributed by atoms with Gasteiger partial charge < -0.3 is 10.2 Å². The molecule has 2 amide bonds. The van der Waals surface area contributed by atoms with Crippen LogP contribution in [0.1, 0.15) is 25.8 Å². The van der Waals surface area contributed by atoms with Gasteiger partial charge in [-0.3, -0.25) is 9.59 Å². The summed E-state index contributed by atoms with van der Waals surface area (Å²) in [5.74, 6) is -0.168. The lowest BCUT2D eigenvalue weighted by molar-refractivity contribution is -0.137. The van der Waals surface area contributed by atoms with E-state index < -0.39 is 5.54 Å². The van der Waals surface area contributed by atoms with Gasteiger partial charge in [0.25, 0.3) is 0 Å². The average molecular weight is 329 g/mol. The Bertz CT molecular complexity index is 573. The molecule has 0 unspecified atom stereocenters. The zero-order valence-electron chi connectivity index (χ0n) is 12.1. The molecule has 1 aliphatic heterocycles. The monoisotopic (exact) mass is 328 g/mol. The van der Waals surface area contributed by atoms with E-state index in [0.717, 1.165) is 5.56 Å². The average Bonchev–Trinajstić information content (AvgIpc) is 2.47. The lowest BCUT2D eigenvalue weighted by atomic mass is 10.0. The molecule has 114 valence electrons. The number of carbonyl (C=O) groups excluding carboxylic acids is 2. The Labute approximate surface area is 134 Å². The molecule has 0 atom stereocenters. The van der Waals surface area contributed by atoms with Crippen LogP contribution in [0.4, 0.5) is 0 Å². The van der Waals surface area contributed by atoms with Crippen LogP contribution in [0.5, 0.6) is 0 Å². The van der Waals surface area contributed by atoms with Crippen molar-refractivity contribution in [3.8, 4) is 0 Å². The first-order chi connectivity index (χ1) is 9.79. The molecular weight excluding hydrogens is 311 g/mol. The van der Waals surface area contributed by atoms with Crippen LogP contribution < -0.4 is 5.32 Å². The highest BCUT2D eigenvalue weighted by atomic mass is 35.5. The molecule has 1 aliphatic rings. The zero-order chi connectivity index (χ0) is 15.6. The molecule has 2 rings (SSSR count). The zero-order valence-corrected chi connectivity index (χ0v) is 13.6. The first-order valence-corrected chi connectivity index (χ1v) is 7.59. The number of halogens is 2. The van der Waals surface area contributed by atoms with E-state index in [0.29, 0.717) is 36.0 Å². The second-order valence-corrected chi connectivity index (χ2v) is 6.54. The van der Waals surface area contributed by atoms with Crippen LogP contribution in [0.25, 0.3) is 0 Å². The fraction of sp³-hybridized carbons (Fsp3) is 0.467. The third-order valence-corrected chi connectivity index (χ3v) is 4.14. The van der Waals surface area contributed by atoms with Gasteiger partial charge in [-0.25, -0.2) is 0 Å². The third kappa shape index (κ3) is 3.89. The minimum atomic E-state index is -0.864. The maximum absolute atomic E-state index is 12.4. The van der Waals surface area contributed by atoms with Crippen molar-refractivity contribution in [2.24, 2.45) is 0 Å². The molecule has 4 nitrogen and oxygen atoms in total. The second-order valence-electron chi connectivity index (χ2n) is 5.70. The van der Waals surface area contributed by atoms with Crippen molar-refractivity contribution in [1.82, 2.24) is 10.2 Å². The summed E-state index contributed by atoms with van der Waals surface area (Å²) in [6, 6.07) is 5.33. The summed E-state index contributed by atoms with van der Waals surface area (Å²) in [5.41, 5.74) is 0.0763. The summed E-state index contributed by atoms with van der Waals surface area (Å²) >= 11 is 12.0. The van der Waals surface area contributed by atoms with Crippen LogP contribution in [0.15, 0.2) is 18.2 Å². The lowest BCUT2D eigenvalue weighted by Gasteiger charge is -2.28. The number of carbonyl (C=O) groups is 2. The van der Waals surface area contributed by atoms with Gasteiger partial charge in [-0.05, 0) is 38.0 Å². The Morgan fingerprint density at radius 3 is 2.67 bits per heavy atom. The number of nitrogens with zero attached hydrogens (tertiary/aromatic N) is 1. The summed E-state index contributed by atoms with van der Waals surface area (Å²) in [7, 11) is 0. The summed E-state index contributed by atoms with van der Waals surface area (Å²) in [5, 5.41) is 3.93. The molecule has 1 saturated heterocycles. The molecule has 1 fully saturated rings. The maximum atomic E-state index is 12.4. The third-order valence-electron chi connectivity index (χ3n) is 3.55. The Hall–Kier alpha value is -1.26. The van der Waals surface area contributed by atoms with Crippen LogP contribution in [0, 0.1) is 0 Å². The van der Waals surface area contributed by atoms with Crippen LogP contribution in [-0.4, -0.2) is 35.3 Å². The molecule has 0 spiro atoms. The van der Waals surface area contributed by atoms with Crippen LogP contribution in [-0.2, 0) is 16.0 Å². The molecule has 6 heteroatoms. The van der Waals surface area contributed by atoms with E-state index in [1.54, 1.807) is 30.9 Å². The van der Waals surface area contributed by atoms with E-state index in [1.807, 2.05) is 6.07 Å². The molecule has 0 saturated carbocycles. The van der Waals surface area contributed by atoms with Gasteiger partial charge in [0.15, 0.2) is 0 Å². The molecule has 1 N–H and O–H groups in total. The molecule has 0 radical (unpaired) electrons. The predicted octanol–water partition coefficient (Wildman–Crippen LogP) is 2.66. The smallest absolute Gasteiger partial charge is 0.247 e. The Morgan fingerprint density at radius 1 is 1.29 bits per heavy atom. The highest BCUT2D eigenvalue weighted by Gasteiger charge is 2.36. The molecule has 0 aromatic heterocycles. The SMILES string of the molecule is CC1(C)NC(=O)CCN(CCc2ccc(Cl)cc2Cl)C1=O. The Kier molecular flexibility index (Phi) is 4.79. The van der Waals surface area contributed by atoms with Gasteiger partial charge in [-0.1, -0.05) is 29.3 Å². The van der Waals surface area contributed by atoms with Gasteiger partial charge in [0, 0.05) is 29.6 Å². The summed E-state index contributed by atoms with van der Waals surface area (Å²) in [4.78, 5) is 25.8. The number of benzene rings is 1. The van der Waals surface area contributed by atoms with Crippen LogP contribution >= 0.6 is 23.2 Å². The fourth-order valence-corrected chi connectivity index (χ4v) is 2.89. The molecular formula is C15H18Cl2N2O2. The van der Waals surface area contributed by atoms with Crippen LogP contribution in [0.3, 0.4) is 0 Å². The second kappa shape index (κ2) is 6.24. The predicted molar refractivity (Wildman–Crippen MR) is 83.6 cm³/mol. The van der Waals surface area contributed by atoms with Crippen molar-refractivity contribution in [2.75, 3.05) is 13.1 Å². The highest BCUT2D eigenvalue weighted by molar-refractivity contribution is 6.35. The van der Waals surface area contributed by atoms with Crippen molar-refractivity contribution in [1.29, 1.82) is 0 Å². The van der Waals surface area contributed by atoms with E-state index in [4.69, 9.17) is 23.2 Å². The first kappa shape index (κ1) is 16.1. The van der Waals surface area contributed by atoms with Crippen molar-refractivity contribution in [3.63, 3.8) is 0 Å². The minimum absolute atomic E-state index is 0.0709.